The molecule has 0 amide bonds. The van der Waals surface area contributed by atoms with E-state index in [0.717, 1.165) is 11.2 Å². The molecule has 0 bridgehead atoms. The highest BCUT2D eigenvalue weighted by molar-refractivity contribution is 8.32. The molecule has 0 heterocycles. The maximum absolute atomic E-state index is 2.61. The lowest BCUT2D eigenvalue weighted by atomic mass is 9.68. The molecule has 1 saturated carbocycles. The van der Waals surface area contributed by atoms with E-state index in [1.807, 2.05) is 0 Å². The maximum Gasteiger partial charge on any atom is -0.0119 e. The second-order valence-corrected chi connectivity index (χ2v) is 14.0. The van der Waals surface area contributed by atoms with Gasteiger partial charge in [-0.1, -0.05) is 72.1 Å². The molecule has 0 radical (unpaired) electrons. The molecular formula is C22H46S. The van der Waals surface area contributed by atoms with Crippen molar-refractivity contribution in [3.63, 3.8) is 0 Å². The smallest absolute Gasteiger partial charge is 0.0119 e. The summed E-state index contributed by atoms with van der Waals surface area (Å²) in [6.45, 7) is 7.51. The number of rotatable bonds is 9. The second-order valence-electron chi connectivity index (χ2n) is 9.45. The predicted molar refractivity (Wildman–Crippen MR) is 112 cm³/mol. The standard InChI is InChI=1S/C22H46S/c1-7-8-12-15-21(23(4,5)6)17-16-20(2)22(3)18-13-10-9-11-14-19-22/h20-21H,7-19H2,1-6H3. The van der Waals surface area contributed by atoms with Crippen molar-refractivity contribution in [1.82, 2.24) is 0 Å². The topological polar surface area (TPSA) is 0 Å². The molecule has 0 nitrogen and oxygen atoms in total. The van der Waals surface area contributed by atoms with E-state index in [-0.39, 0.29) is 0 Å². The Hall–Kier alpha value is 0.350. The van der Waals surface area contributed by atoms with Crippen molar-refractivity contribution in [1.29, 1.82) is 0 Å². The molecule has 0 aromatic heterocycles. The fraction of sp³-hybridized carbons (Fsp3) is 1.00. The predicted octanol–water partition coefficient (Wildman–Crippen LogP) is 7.80. The summed E-state index contributed by atoms with van der Waals surface area (Å²) in [4.78, 5) is 0. The van der Waals surface area contributed by atoms with E-state index in [1.165, 1.54) is 83.5 Å². The van der Waals surface area contributed by atoms with Crippen LogP contribution in [0.1, 0.15) is 104 Å². The Bertz CT molecular complexity index is 294. The van der Waals surface area contributed by atoms with Crippen molar-refractivity contribution in [2.24, 2.45) is 11.3 Å². The molecule has 0 spiro atoms. The van der Waals surface area contributed by atoms with Crippen molar-refractivity contribution in [2.45, 2.75) is 109 Å². The monoisotopic (exact) mass is 342 g/mol. The van der Waals surface area contributed by atoms with E-state index in [9.17, 15) is 0 Å². The zero-order chi connectivity index (χ0) is 17.3. The van der Waals surface area contributed by atoms with Crippen molar-refractivity contribution in [3.8, 4) is 0 Å². The van der Waals surface area contributed by atoms with Crippen LogP contribution in [0.5, 0.6) is 0 Å². The summed E-state index contributed by atoms with van der Waals surface area (Å²) < 4.78 is 0. The van der Waals surface area contributed by atoms with Crippen LogP contribution >= 0.6 is 10.0 Å². The highest BCUT2D eigenvalue weighted by Gasteiger charge is 2.32. The molecule has 1 aliphatic rings. The molecule has 0 aliphatic heterocycles. The normalized spacial score (nSPS) is 22.9. The average molecular weight is 343 g/mol. The number of hydrogen-bond donors (Lipinski definition) is 0. The van der Waals surface area contributed by atoms with Gasteiger partial charge in [0.25, 0.3) is 0 Å². The van der Waals surface area contributed by atoms with Gasteiger partial charge in [-0.2, -0.15) is 0 Å². The Morgan fingerprint density at radius 1 is 0.826 bits per heavy atom. The summed E-state index contributed by atoms with van der Waals surface area (Å²) in [7, 11) is -0.405. The van der Waals surface area contributed by atoms with Crippen molar-refractivity contribution in [3.05, 3.63) is 0 Å². The van der Waals surface area contributed by atoms with E-state index in [0.29, 0.717) is 5.41 Å². The van der Waals surface area contributed by atoms with Crippen molar-refractivity contribution >= 4 is 10.0 Å². The lowest BCUT2D eigenvalue weighted by Crippen LogP contribution is -2.28. The summed E-state index contributed by atoms with van der Waals surface area (Å²) in [5.74, 6) is 0.913. The van der Waals surface area contributed by atoms with Crippen LogP contribution in [0.3, 0.4) is 0 Å². The first-order chi connectivity index (χ1) is 10.8. The van der Waals surface area contributed by atoms with Gasteiger partial charge >= 0.3 is 0 Å². The molecule has 1 fully saturated rings. The first-order valence-electron chi connectivity index (χ1n) is 10.5. The largest absolute Gasteiger partial charge is 0.247 e. The molecule has 1 aliphatic carbocycles. The zero-order valence-electron chi connectivity index (χ0n) is 17.3. The van der Waals surface area contributed by atoms with Gasteiger partial charge in [-0.25, -0.2) is 10.0 Å². The van der Waals surface area contributed by atoms with Crippen molar-refractivity contribution < 1.29 is 0 Å². The third kappa shape index (κ3) is 7.84. The molecule has 0 N–H and O–H groups in total. The molecule has 1 rings (SSSR count). The third-order valence-corrected chi connectivity index (χ3v) is 9.21. The Morgan fingerprint density at radius 2 is 1.39 bits per heavy atom. The van der Waals surface area contributed by atoms with Gasteiger partial charge in [0.15, 0.2) is 0 Å². The van der Waals surface area contributed by atoms with Crippen LogP contribution in [0.2, 0.25) is 0 Å². The Morgan fingerprint density at radius 3 is 1.91 bits per heavy atom. The molecular weight excluding hydrogens is 296 g/mol. The maximum atomic E-state index is 2.61. The van der Waals surface area contributed by atoms with E-state index in [4.69, 9.17) is 0 Å². The highest BCUT2D eigenvalue weighted by atomic mass is 32.3. The van der Waals surface area contributed by atoms with Gasteiger partial charge in [-0.3, -0.25) is 0 Å². The van der Waals surface area contributed by atoms with Gasteiger partial charge in [0.1, 0.15) is 0 Å². The summed E-state index contributed by atoms with van der Waals surface area (Å²) in [5.41, 5.74) is 0.627. The average Bonchev–Trinajstić information content (AvgIpc) is 2.45. The highest BCUT2D eigenvalue weighted by Crippen LogP contribution is 2.48. The van der Waals surface area contributed by atoms with E-state index in [1.54, 1.807) is 0 Å². The second kappa shape index (κ2) is 10.4. The fourth-order valence-electron chi connectivity index (χ4n) is 4.46. The molecule has 0 aromatic carbocycles. The molecule has 1 heteroatoms. The Kier molecular flexibility index (Phi) is 9.64. The SMILES string of the molecule is CCCCCC(CCC(C)C1(C)CCCCCCC1)S(C)(C)C. The number of hydrogen-bond acceptors (Lipinski definition) is 0. The van der Waals surface area contributed by atoms with Gasteiger partial charge in [0.05, 0.1) is 0 Å². The fourth-order valence-corrected chi connectivity index (χ4v) is 6.18. The summed E-state index contributed by atoms with van der Waals surface area (Å²) in [6.07, 6.45) is 26.7. The minimum absolute atomic E-state index is 0.405. The van der Waals surface area contributed by atoms with Crippen LogP contribution in [0, 0.1) is 11.3 Å². The minimum atomic E-state index is -0.405. The van der Waals surface area contributed by atoms with Crippen LogP contribution in [0.15, 0.2) is 0 Å². The lowest BCUT2D eigenvalue weighted by molar-refractivity contribution is 0.137. The lowest BCUT2D eigenvalue weighted by Gasteiger charge is -2.41. The minimum Gasteiger partial charge on any atom is -0.247 e. The summed E-state index contributed by atoms with van der Waals surface area (Å²) in [6, 6.07) is 0. The molecule has 140 valence electrons. The van der Waals surface area contributed by atoms with Gasteiger partial charge in [-0.15, -0.1) is 0 Å². The summed E-state index contributed by atoms with van der Waals surface area (Å²) >= 11 is 0. The molecule has 2 atom stereocenters. The van der Waals surface area contributed by atoms with Gasteiger partial charge < -0.3 is 0 Å². The Balaban J connectivity index is 2.53. The van der Waals surface area contributed by atoms with Gasteiger partial charge in [0.2, 0.25) is 0 Å². The van der Waals surface area contributed by atoms with E-state index in [2.05, 4.69) is 39.5 Å². The third-order valence-electron chi connectivity index (χ3n) is 6.74. The van der Waals surface area contributed by atoms with E-state index < -0.39 is 10.0 Å². The van der Waals surface area contributed by atoms with Gasteiger partial charge in [0, 0.05) is 0 Å². The van der Waals surface area contributed by atoms with Crippen LogP contribution in [-0.2, 0) is 0 Å². The molecule has 2 unspecified atom stereocenters. The van der Waals surface area contributed by atoms with Crippen LogP contribution < -0.4 is 0 Å². The molecule has 0 saturated heterocycles. The quantitative estimate of drug-likeness (QED) is 0.375. The van der Waals surface area contributed by atoms with Crippen LogP contribution in [-0.4, -0.2) is 24.0 Å². The zero-order valence-corrected chi connectivity index (χ0v) is 18.1. The molecule has 23 heavy (non-hydrogen) atoms. The summed E-state index contributed by atoms with van der Waals surface area (Å²) in [5, 5.41) is 0.994. The van der Waals surface area contributed by atoms with E-state index >= 15 is 0 Å². The van der Waals surface area contributed by atoms with Gasteiger partial charge in [-0.05, 0) is 67.5 Å². The first-order valence-corrected chi connectivity index (χ1v) is 13.4. The van der Waals surface area contributed by atoms with Crippen LogP contribution in [0.4, 0.5) is 0 Å². The van der Waals surface area contributed by atoms with Crippen molar-refractivity contribution in [2.75, 3.05) is 18.8 Å². The molecule has 0 aromatic rings. The first kappa shape index (κ1) is 21.4. The van der Waals surface area contributed by atoms with Crippen LogP contribution in [0.25, 0.3) is 0 Å². The number of unbranched alkanes of at least 4 members (excludes halogenated alkanes) is 2. The Labute approximate surface area is 149 Å².